The van der Waals surface area contributed by atoms with Crippen LogP contribution >= 0.6 is 11.6 Å². The van der Waals surface area contributed by atoms with E-state index in [4.69, 9.17) is 16.7 Å². The molecule has 0 aliphatic rings. The van der Waals surface area contributed by atoms with E-state index in [0.717, 1.165) is 16.7 Å². The summed E-state index contributed by atoms with van der Waals surface area (Å²) in [5.74, 6) is -0.214. The van der Waals surface area contributed by atoms with Gasteiger partial charge in [0.1, 0.15) is 0 Å². The van der Waals surface area contributed by atoms with Crippen molar-refractivity contribution < 1.29 is 9.90 Å². The van der Waals surface area contributed by atoms with Crippen LogP contribution < -0.4 is 5.32 Å². The molecule has 0 radical (unpaired) electrons. The van der Waals surface area contributed by atoms with Crippen LogP contribution in [0.25, 0.3) is 0 Å². The van der Waals surface area contributed by atoms with Crippen molar-refractivity contribution in [1.29, 1.82) is 0 Å². The summed E-state index contributed by atoms with van der Waals surface area (Å²) < 4.78 is 0. The van der Waals surface area contributed by atoms with Crippen LogP contribution in [0.3, 0.4) is 0 Å². The predicted octanol–water partition coefficient (Wildman–Crippen LogP) is 3.70. The van der Waals surface area contributed by atoms with Gasteiger partial charge < -0.3 is 10.4 Å². The zero-order valence-electron chi connectivity index (χ0n) is 11.4. The van der Waals surface area contributed by atoms with E-state index in [1.807, 2.05) is 26.0 Å². The second-order valence-electron chi connectivity index (χ2n) is 4.78. The van der Waals surface area contributed by atoms with Crippen LogP contribution in [0.15, 0.2) is 36.4 Å². The molecule has 2 aromatic rings. The highest BCUT2D eigenvalue weighted by Gasteiger charge is 2.09. The SMILES string of the molecule is Cc1cc(Cl)cc(C(=O)Nc2cc(CO)ccc2C)c1. The van der Waals surface area contributed by atoms with Gasteiger partial charge in [-0.05, 0) is 54.8 Å². The molecule has 3 nitrogen and oxygen atoms in total. The number of amides is 1. The molecule has 20 heavy (non-hydrogen) atoms. The lowest BCUT2D eigenvalue weighted by Gasteiger charge is -2.10. The van der Waals surface area contributed by atoms with E-state index in [1.54, 1.807) is 24.3 Å². The maximum Gasteiger partial charge on any atom is 0.255 e. The Morgan fingerprint density at radius 1 is 1.20 bits per heavy atom. The van der Waals surface area contributed by atoms with Crippen LogP contribution in [0.1, 0.15) is 27.0 Å². The molecule has 0 aromatic heterocycles. The van der Waals surface area contributed by atoms with Crippen LogP contribution in [0.2, 0.25) is 5.02 Å². The third-order valence-corrected chi connectivity index (χ3v) is 3.26. The third-order valence-electron chi connectivity index (χ3n) is 3.04. The van der Waals surface area contributed by atoms with Crippen molar-refractivity contribution in [1.82, 2.24) is 0 Å². The molecule has 1 amide bonds. The van der Waals surface area contributed by atoms with E-state index < -0.39 is 0 Å². The van der Waals surface area contributed by atoms with Gasteiger partial charge in [0, 0.05) is 16.3 Å². The highest BCUT2D eigenvalue weighted by atomic mass is 35.5. The third kappa shape index (κ3) is 3.38. The number of nitrogens with one attached hydrogen (secondary N) is 1. The van der Waals surface area contributed by atoms with Crippen LogP contribution in [0.4, 0.5) is 5.69 Å². The second kappa shape index (κ2) is 6.07. The lowest BCUT2D eigenvalue weighted by Crippen LogP contribution is -2.13. The van der Waals surface area contributed by atoms with Gasteiger partial charge in [-0.1, -0.05) is 23.7 Å². The first-order valence-electron chi connectivity index (χ1n) is 6.28. The van der Waals surface area contributed by atoms with Gasteiger partial charge in [-0.15, -0.1) is 0 Å². The summed E-state index contributed by atoms with van der Waals surface area (Å²) in [4.78, 5) is 12.2. The number of aliphatic hydroxyl groups is 1. The maximum atomic E-state index is 12.2. The van der Waals surface area contributed by atoms with Gasteiger partial charge in [-0.25, -0.2) is 0 Å². The fraction of sp³-hybridized carbons (Fsp3) is 0.188. The summed E-state index contributed by atoms with van der Waals surface area (Å²) in [6, 6.07) is 10.7. The number of halogens is 1. The number of rotatable bonds is 3. The average Bonchev–Trinajstić information content (AvgIpc) is 2.40. The van der Waals surface area contributed by atoms with E-state index in [2.05, 4.69) is 5.32 Å². The Hall–Kier alpha value is -1.84. The van der Waals surface area contributed by atoms with Crippen molar-refractivity contribution in [3.05, 3.63) is 63.7 Å². The van der Waals surface area contributed by atoms with Gasteiger partial charge in [0.25, 0.3) is 5.91 Å². The number of hydrogen-bond acceptors (Lipinski definition) is 2. The maximum absolute atomic E-state index is 12.2. The Labute approximate surface area is 123 Å². The number of carbonyl (C=O) groups excluding carboxylic acids is 1. The van der Waals surface area contributed by atoms with Gasteiger partial charge in [0.2, 0.25) is 0 Å². The zero-order chi connectivity index (χ0) is 14.7. The van der Waals surface area contributed by atoms with Crippen molar-refractivity contribution in [2.24, 2.45) is 0 Å². The van der Waals surface area contributed by atoms with Crippen molar-refractivity contribution in [2.75, 3.05) is 5.32 Å². The minimum Gasteiger partial charge on any atom is -0.392 e. The molecule has 0 saturated carbocycles. The summed E-state index contributed by atoms with van der Waals surface area (Å²) in [6.07, 6.45) is 0. The van der Waals surface area contributed by atoms with E-state index in [0.29, 0.717) is 16.3 Å². The normalized spacial score (nSPS) is 10.4. The van der Waals surface area contributed by atoms with Crippen LogP contribution in [-0.4, -0.2) is 11.0 Å². The molecule has 0 fully saturated rings. The van der Waals surface area contributed by atoms with E-state index in [-0.39, 0.29) is 12.5 Å². The Morgan fingerprint density at radius 2 is 1.95 bits per heavy atom. The highest BCUT2D eigenvalue weighted by Crippen LogP contribution is 2.20. The molecule has 2 N–H and O–H groups in total. The molecule has 4 heteroatoms. The molecular weight excluding hydrogens is 274 g/mol. The number of benzene rings is 2. The van der Waals surface area contributed by atoms with Crippen LogP contribution in [-0.2, 0) is 6.61 Å². The molecule has 2 aromatic carbocycles. The fourth-order valence-electron chi connectivity index (χ4n) is 1.96. The smallest absolute Gasteiger partial charge is 0.255 e. The molecule has 0 aliphatic heterocycles. The van der Waals surface area contributed by atoms with Crippen molar-refractivity contribution in [3.8, 4) is 0 Å². The molecule has 0 bridgehead atoms. The van der Waals surface area contributed by atoms with Gasteiger partial charge in [0.15, 0.2) is 0 Å². The van der Waals surface area contributed by atoms with E-state index >= 15 is 0 Å². The summed E-state index contributed by atoms with van der Waals surface area (Å²) in [7, 11) is 0. The standard InChI is InChI=1S/C16H16ClNO2/c1-10-5-13(8-14(17)6-10)16(20)18-15-7-12(9-19)4-3-11(15)2/h3-8,19H,9H2,1-2H3,(H,18,20). The summed E-state index contributed by atoms with van der Waals surface area (Å²) in [5.41, 5.74) is 3.84. The number of aliphatic hydroxyl groups excluding tert-OH is 1. The topological polar surface area (TPSA) is 49.3 Å². The van der Waals surface area contributed by atoms with Crippen molar-refractivity contribution in [3.63, 3.8) is 0 Å². The number of carbonyl (C=O) groups is 1. The zero-order valence-corrected chi connectivity index (χ0v) is 12.2. The Morgan fingerprint density at radius 3 is 2.60 bits per heavy atom. The lowest BCUT2D eigenvalue weighted by molar-refractivity contribution is 0.102. The molecule has 0 spiro atoms. The minimum atomic E-state index is -0.214. The molecule has 0 aliphatic carbocycles. The average molecular weight is 290 g/mol. The van der Waals surface area contributed by atoms with Gasteiger partial charge in [-0.2, -0.15) is 0 Å². The Kier molecular flexibility index (Phi) is 4.42. The molecule has 0 unspecified atom stereocenters. The molecular formula is C16H16ClNO2. The van der Waals surface area contributed by atoms with Crippen molar-refractivity contribution in [2.45, 2.75) is 20.5 Å². The Balaban J connectivity index is 2.27. The first-order valence-corrected chi connectivity index (χ1v) is 6.66. The number of anilines is 1. The largest absolute Gasteiger partial charge is 0.392 e. The number of aryl methyl sites for hydroxylation is 2. The second-order valence-corrected chi connectivity index (χ2v) is 5.22. The molecule has 0 atom stereocenters. The van der Waals surface area contributed by atoms with E-state index in [1.165, 1.54) is 0 Å². The summed E-state index contributed by atoms with van der Waals surface area (Å²) in [5, 5.41) is 12.5. The molecule has 0 saturated heterocycles. The van der Waals surface area contributed by atoms with Gasteiger partial charge in [0.05, 0.1) is 6.61 Å². The summed E-state index contributed by atoms with van der Waals surface area (Å²) in [6.45, 7) is 3.74. The molecule has 2 rings (SSSR count). The van der Waals surface area contributed by atoms with Crippen LogP contribution in [0.5, 0.6) is 0 Å². The Bertz CT molecular complexity index is 633. The van der Waals surface area contributed by atoms with Crippen molar-refractivity contribution >= 4 is 23.2 Å². The first kappa shape index (κ1) is 14.6. The predicted molar refractivity (Wildman–Crippen MR) is 81.2 cm³/mol. The van der Waals surface area contributed by atoms with Crippen LogP contribution in [0, 0.1) is 13.8 Å². The van der Waals surface area contributed by atoms with Gasteiger partial charge >= 0.3 is 0 Å². The fourth-order valence-corrected chi connectivity index (χ4v) is 2.25. The quantitative estimate of drug-likeness (QED) is 0.905. The monoisotopic (exact) mass is 289 g/mol. The highest BCUT2D eigenvalue weighted by molar-refractivity contribution is 6.31. The molecule has 0 heterocycles. The lowest BCUT2D eigenvalue weighted by atomic mass is 10.1. The first-order chi connectivity index (χ1) is 9.49. The minimum absolute atomic E-state index is 0.0561. The summed E-state index contributed by atoms with van der Waals surface area (Å²) >= 11 is 5.96. The number of hydrogen-bond donors (Lipinski definition) is 2. The van der Waals surface area contributed by atoms with Gasteiger partial charge in [-0.3, -0.25) is 4.79 Å². The van der Waals surface area contributed by atoms with E-state index in [9.17, 15) is 4.79 Å². The molecule has 104 valence electrons.